The predicted octanol–water partition coefficient (Wildman–Crippen LogP) is 2.39. The molecule has 0 spiro atoms. The second kappa shape index (κ2) is 7.23. The number of pyridine rings is 1. The molecule has 0 aliphatic rings. The third kappa shape index (κ3) is 3.07. The highest BCUT2D eigenvalue weighted by molar-refractivity contribution is 5.92. The van der Waals surface area contributed by atoms with Gasteiger partial charge in [0.05, 0.1) is 5.69 Å². The van der Waals surface area contributed by atoms with Crippen LogP contribution in [-0.2, 0) is 13.6 Å². The Labute approximate surface area is 155 Å². The number of benzene rings is 1. The number of H-pyrrole nitrogens is 1. The van der Waals surface area contributed by atoms with E-state index in [-0.39, 0.29) is 12.4 Å². The highest BCUT2D eigenvalue weighted by Gasteiger charge is 2.20. The number of halogens is 1. The normalized spacial score (nSPS) is 10.7. The number of carboxylic acid groups (broad SMARTS) is 1. The second-order valence-corrected chi connectivity index (χ2v) is 5.98. The first kappa shape index (κ1) is 19.6. The quantitative estimate of drug-likeness (QED) is 0.558. The van der Waals surface area contributed by atoms with Gasteiger partial charge >= 0.3 is 5.97 Å². The van der Waals surface area contributed by atoms with E-state index in [1.54, 1.807) is 6.92 Å². The van der Waals surface area contributed by atoms with Crippen LogP contribution in [0.5, 0.6) is 5.75 Å². The van der Waals surface area contributed by atoms with E-state index in [2.05, 4.69) is 14.9 Å². The van der Waals surface area contributed by atoms with Crippen LogP contribution in [0.4, 0.5) is 0 Å². The number of aryl methyl sites for hydroxylation is 1. The van der Waals surface area contributed by atoms with Crippen molar-refractivity contribution in [3.8, 4) is 17.0 Å². The van der Waals surface area contributed by atoms with E-state index in [4.69, 9.17) is 5.11 Å². The number of carbonyl (C=O) groups is 1. The Morgan fingerprint density at radius 3 is 2.62 bits per heavy atom. The zero-order valence-corrected chi connectivity index (χ0v) is 15.4. The Morgan fingerprint density at radius 1 is 1.31 bits per heavy atom. The molecule has 1 aromatic carbocycles. The minimum Gasteiger partial charge on any atom is -0.506 e. The molecule has 7 nitrogen and oxygen atoms in total. The van der Waals surface area contributed by atoms with Crippen LogP contribution < -0.4 is 10.9 Å². The molecule has 0 amide bonds. The van der Waals surface area contributed by atoms with Crippen molar-refractivity contribution in [3.63, 3.8) is 0 Å². The molecule has 3 aromatic rings. The molecule has 0 aliphatic heterocycles. The van der Waals surface area contributed by atoms with Gasteiger partial charge in [0.2, 0.25) is 0 Å². The number of aromatic amines is 1. The second-order valence-electron chi connectivity index (χ2n) is 5.98. The number of rotatable bonds is 4. The summed E-state index contributed by atoms with van der Waals surface area (Å²) in [6, 6.07) is 7.73. The van der Waals surface area contributed by atoms with Crippen LogP contribution in [0.15, 0.2) is 29.1 Å². The molecule has 4 N–H and O–H groups in total. The molecule has 0 radical (unpaired) electrons. The van der Waals surface area contributed by atoms with Crippen molar-refractivity contribution in [2.75, 3.05) is 7.05 Å². The van der Waals surface area contributed by atoms with Crippen LogP contribution in [0.25, 0.3) is 22.2 Å². The lowest BCUT2D eigenvalue weighted by Crippen LogP contribution is -2.19. The van der Waals surface area contributed by atoms with Crippen molar-refractivity contribution in [1.29, 1.82) is 0 Å². The Kier molecular flexibility index (Phi) is 5.44. The third-order valence-corrected chi connectivity index (χ3v) is 4.43. The Bertz CT molecular complexity index is 1050. The molecule has 0 fully saturated rings. The lowest BCUT2D eigenvalue weighted by Gasteiger charge is -2.10. The first-order valence-electron chi connectivity index (χ1n) is 7.77. The van der Waals surface area contributed by atoms with E-state index in [1.165, 1.54) is 0 Å². The van der Waals surface area contributed by atoms with E-state index < -0.39 is 22.8 Å². The van der Waals surface area contributed by atoms with Crippen molar-refractivity contribution in [1.82, 2.24) is 14.9 Å². The maximum absolute atomic E-state index is 12.0. The standard InChI is InChI=1S/C18H19N3O4.ClH/c1-9-15(20-17(23)14(16(9)22)18(24)25)10-4-5-13-11(6-10)7-12(8-19-2)21(13)3;/h4-7,19H,8H2,1-3H3,(H,24,25)(H2,20,22,23);1H. The van der Waals surface area contributed by atoms with E-state index in [0.29, 0.717) is 16.8 Å². The zero-order chi connectivity index (χ0) is 18.3. The highest BCUT2D eigenvalue weighted by atomic mass is 35.5. The number of aromatic carboxylic acids is 1. The molecule has 2 aromatic heterocycles. The van der Waals surface area contributed by atoms with E-state index in [1.807, 2.05) is 38.4 Å². The summed E-state index contributed by atoms with van der Waals surface area (Å²) in [5.41, 5.74) is 2.13. The first-order valence-corrected chi connectivity index (χ1v) is 7.77. The van der Waals surface area contributed by atoms with E-state index >= 15 is 0 Å². The molecule has 2 heterocycles. The van der Waals surface area contributed by atoms with Gasteiger partial charge in [0.1, 0.15) is 5.75 Å². The Hall–Kier alpha value is -2.77. The van der Waals surface area contributed by atoms with Crippen molar-refractivity contribution >= 4 is 29.3 Å². The first-order chi connectivity index (χ1) is 11.8. The molecule has 0 atom stereocenters. The van der Waals surface area contributed by atoms with Gasteiger partial charge in [-0.3, -0.25) is 4.79 Å². The molecule has 0 bridgehead atoms. The number of aromatic nitrogens is 2. The molecular formula is C18H20ClN3O4. The SMILES string of the molecule is CNCc1cc2cc(-c3[nH]c(=O)c(C(=O)O)c(O)c3C)ccc2n1C.Cl. The largest absolute Gasteiger partial charge is 0.506 e. The number of nitrogens with zero attached hydrogens (tertiary/aromatic N) is 1. The topological polar surface area (TPSA) is 107 Å². The van der Waals surface area contributed by atoms with Crippen LogP contribution >= 0.6 is 12.4 Å². The summed E-state index contributed by atoms with van der Waals surface area (Å²) in [5.74, 6) is -1.96. The number of aromatic hydroxyl groups is 1. The smallest absolute Gasteiger partial charge is 0.345 e. The highest BCUT2D eigenvalue weighted by Crippen LogP contribution is 2.31. The van der Waals surface area contributed by atoms with Gasteiger partial charge in [0.15, 0.2) is 5.56 Å². The summed E-state index contributed by atoms with van der Waals surface area (Å²) in [5, 5.41) is 23.3. The molecule has 0 aliphatic carbocycles. The van der Waals surface area contributed by atoms with Crippen molar-refractivity contribution in [2.24, 2.45) is 7.05 Å². The van der Waals surface area contributed by atoms with E-state index in [9.17, 15) is 14.7 Å². The minimum absolute atomic E-state index is 0. The lowest BCUT2D eigenvalue weighted by atomic mass is 10.0. The number of hydrogen-bond donors (Lipinski definition) is 4. The van der Waals surface area contributed by atoms with Gasteiger partial charge < -0.3 is 25.1 Å². The van der Waals surface area contributed by atoms with Crippen LogP contribution in [-0.4, -0.2) is 32.8 Å². The summed E-state index contributed by atoms with van der Waals surface area (Å²) >= 11 is 0. The van der Waals surface area contributed by atoms with Gasteiger partial charge in [-0.2, -0.15) is 0 Å². The van der Waals surface area contributed by atoms with Crippen LogP contribution in [0.3, 0.4) is 0 Å². The van der Waals surface area contributed by atoms with Gasteiger partial charge in [-0.25, -0.2) is 4.79 Å². The number of carboxylic acids is 1. The summed E-state index contributed by atoms with van der Waals surface area (Å²) in [7, 11) is 3.86. The van der Waals surface area contributed by atoms with Gasteiger partial charge in [-0.15, -0.1) is 12.4 Å². The monoisotopic (exact) mass is 377 g/mol. The Balaban J connectivity index is 0.00000243. The third-order valence-electron chi connectivity index (χ3n) is 4.43. The molecule has 26 heavy (non-hydrogen) atoms. The van der Waals surface area contributed by atoms with Gasteiger partial charge in [0.25, 0.3) is 5.56 Å². The van der Waals surface area contributed by atoms with Crippen LogP contribution in [0.2, 0.25) is 0 Å². The minimum atomic E-state index is -1.45. The van der Waals surface area contributed by atoms with Crippen LogP contribution in [0.1, 0.15) is 21.6 Å². The molecule has 0 unspecified atom stereocenters. The molecule has 8 heteroatoms. The zero-order valence-electron chi connectivity index (χ0n) is 14.6. The molecule has 0 saturated heterocycles. The molecule has 0 saturated carbocycles. The molecular weight excluding hydrogens is 358 g/mol. The fourth-order valence-corrected chi connectivity index (χ4v) is 3.08. The number of fused-ring (bicyclic) bond motifs is 1. The van der Waals surface area contributed by atoms with Crippen molar-refractivity contribution in [3.05, 3.63) is 51.4 Å². The fraction of sp³-hybridized carbons (Fsp3) is 0.222. The average molecular weight is 378 g/mol. The maximum Gasteiger partial charge on any atom is 0.345 e. The fourth-order valence-electron chi connectivity index (χ4n) is 3.08. The van der Waals surface area contributed by atoms with Gasteiger partial charge in [-0.05, 0) is 37.7 Å². The molecule has 3 rings (SSSR count). The average Bonchev–Trinajstić information content (AvgIpc) is 2.86. The summed E-state index contributed by atoms with van der Waals surface area (Å²) in [4.78, 5) is 25.7. The lowest BCUT2D eigenvalue weighted by molar-refractivity contribution is 0.0691. The maximum atomic E-state index is 12.0. The van der Waals surface area contributed by atoms with E-state index in [0.717, 1.165) is 23.1 Å². The van der Waals surface area contributed by atoms with Gasteiger partial charge in [0, 0.05) is 35.8 Å². The van der Waals surface area contributed by atoms with Crippen molar-refractivity contribution in [2.45, 2.75) is 13.5 Å². The number of hydrogen-bond acceptors (Lipinski definition) is 4. The predicted molar refractivity (Wildman–Crippen MR) is 102 cm³/mol. The summed E-state index contributed by atoms with van der Waals surface area (Å²) in [6.45, 7) is 2.30. The molecule has 138 valence electrons. The number of nitrogens with one attached hydrogen (secondary N) is 2. The van der Waals surface area contributed by atoms with Gasteiger partial charge in [-0.1, -0.05) is 6.07 Å². The Morgan fingerprint density at radius 2 is 2.00 bits per heavy atom. The van der Waals surface area contributed by atoms with Crippen molar-refractivity contribution < 1.29 is 15.0 Å². The summed E-state index contributed by atoms with van der Waals surface area (Å²) in [6.07, 6.45) is 0. The van der Waals surface area contributed by atoms with Crippen LogP contribution in [0, 0.1) is 6.92 Å². The summed E-state index contributed by atoms with van der Waals surface area (Å²) < 4.78 is 2.08.